The van der Waals surface area contributed by atoms with Crippen molar-refractivity contribution in [3.8, 4) is 0 Å². The van der Waals surface area contributed by atoms with Gasteiger partial charge in [-0.25, -0.2) is 0 Å². The van der Waals surface area contributed by atoms with Crippen molar-refractivity contribution < 1.29 is 4.74 Å². The summed E-state index contributed by atoms with van der Waals surface area (Å²) in [6.45, 7) is 8.95. The van der Waals surface area contributed by atoms with Crippen molar-refractivity contribution in [3.05, 3.63) is 0 Å². The molecule has 0 bridgehead atoms. The Bertz CT molecular complexity index is 245. The third kappa shape index (κ3) is 2.60. The third-order valence-corrected chi connectivity index (χ3v) is 4.47. The van der Waals surface area contributed by atoms with Gasteiger partial charge in [-0.05, 0) is 49.4 Å². The highest BCUT2D eigenvalue weighted by molar-refractivity contribution is 5.01. The van der Waals surface area contributed by atoms with Crippen LogP contribution in [0.3, 0.4) is 0 Å². The van der Waals surface area contributed by atoms with Crippen LogP contribution >= 0.6 is 0 Å². The van der Waals surface area contributed by atoms with E-state index in [1.165, 1.54) is 32.1 Å². The molecule has 1 heterocycles. The fourth-order valence-electron chi connectivity index (χ4n) is 4.28. The van der Waals surface area contributed by atoms with Crippen molar-refractivity contribution in [2.24, 2.45) is 23.0 Å². The smallest absolute Gasteiger partial charge is 0.0469 e. The van der Waals surface area contributed by atoms with Crippen LogP contribution in [0, 0.1) is 17.3 Å². The van der Waals surface area contributed by atoms with Gasteiger partial charge in [0.1, 0.15) is 0 Å². The standard InChI is InChI=1S/C14H27NO/c1-11-8-13(2,3)10-14(15,9-11)12-4-6-16-7-5-12/h11-12H,4-10,15H2,1-3H3. The maximum atomic E-state index is 6.74. The van der Waals surface area contributed by atoms with Crippen LogP contribution in [0.4, 0.5) is 0 Å². The van der Waals surface area contributed by atoms with E-state index in [1.54, 1.807) is 0 Å². The second-order valence-corrected chi connectivity index (χ2v) is 6.97. The number of hydrogen-bond acceptors (Lipinski definition) is 2. The molecule has 2 nitrogen and oxygen atoms in total. The molecule has 2 rings (SSSR count). The maximum Gasteiger partial charge on any atom is 0.0469 e. The molecule has 1 saturated carbocycles. The minimum atomic E-state index is 0.0744. The monoisotopic (exact) mass is 225 g/mol. The lowest BCUT2D eigenvalue weighted by molar-refractivity contribution is -0.00199. The molecule has 0 aromatic carbocycles. The van der Waals surface area contributed by atoms with Gasteiger partial charge in [-0.3, -0.25) is 0 Å². The van der Waals surface area contributed by atoms with Crippen LogP contribution < -0.4 is 5.73 Å². The molecule has 2 fully saturated rings. The van der Waals surface area contributed by atoms with Crippen molar-refractivity contribution in [3.63, 3.8) is 0 Å². The molecule has 2 heteroatoms. The summed E-state index contributed by atoms with van der Waals surface area (Å²) in [5.41, 5.74) is 7.24. The minimum absolute atomic E-state index is 0.0744. The molecule has 0 spiro atoms. The quantitative estimate of drug-likeness (QED) is 0.744. The molecule has 94 valence electrons. The summed E-state index contributed by atoms with van der Waals surface area (Å²) in [5, 5.41) is 0. The highest BCUT2D eigenvalue weighted by Gasteiger charge is 2.45. The molecule has 16 heavy (non-hydrogen) atoms. The van der Waals surface area contributed by atoms with E-state index in [1.807, 2.05) is 0 Å². The van der Waals surface area contributed by atoms with Crippen LogP contribution in [-0.2, 0) is 4.74 Å². The first-order valence-electron chi connectivity index (χ1n) is 6.78. The Balaban J connectivity index is 2.09. The predicted molar refractivity (Wildman–Crippen MR) is 67.3 cm³/mol. The average molecular weight is 225 g/mol. The maximum absolute atomic E-state index is 6.74. The molecule has 0 radical (unpaired) electrons. The molecule has 2 aliphatic rings. The molecule has 2 N–H and O–H groups in total. The minimum Gasteiger partial charge on any atom is -0.381 e. The zero-order valence-corrected chi connectivity index (χ0v) is 11.1. The fraction of sp³-hybridized carbons (Fsp3) is 1.00. The first kappa shape index (κ1) is 12.4. The summed E-state index contributed by atoms with van der Waals surface area (Å²) in [4.78, 5) is 0. The summed E-state index contributed by atoms with van der Waals surface area (Å²) in [6.07, 6.45) is 6.06. The first-order valence-corrected chi connectivity index (χ1v) is 6.78. The first-order chi connectivity index (χ1) is 7.41. The summed E-state index contributed by atoms with van der Waals surface area (Å²) in [5.74, 6) is 1.46. The Labute approximate surface area is 99.9 Å². The van der Waals surface area contributed by atoms with Crippen molar-refractivity contribution in [1.29, 1.82) is 0 Å². The molecule has 2 atom stereocenters. The second-order valence-electron chi connectivity index (χ2n) is 6.97. The lowest BCUT2D eigenvalue weighted by Crippen LogP contribution is -2.55. The van der Waals surface area contributed by atoms with E-state index in [0.717, 1.165) is 19.1 Å². The zero-order valence-electron chi connectivity index (χ0n) is 11.1. The molecule has 1 aliphatic carbocycles. The summed E-state index contributed by atoms with van der Waals surface area (Å²) in [7, 11) is 0. The number of rotatable bonds is 1. The van der Waals surface area contributed by atoms with Gasteiger partial charge < -0.3 is 10.5 Å². The van der Waals surface area contributed by atoms with E-state index in [0.29, 0.717) is 11.3 Å². The summed E-state index contributed by atoms with van der Waals surface area (Å²) in [6, 6.07) is 0. The van der Waals surface area contributed by atoms with Crippen molar-refractivity contribution in [2.75, 3.05) is 13.2 Å². The molecule has 0 aromatic heterocycles. The van der Waals surface area contributed by atoms with Crippen LogP contribution in [0.15, 0.2) is 0 Å². The van der Waals surface area contributed by atoms with E-state index < -0.39 is 0 Å². The van der Waals surface area contributed by atoms with Crippen molar-refractivity contribution >= 4 is 0 Å². The van der Waals surface area contributed by atoms with Gasteiger partial charge in [0.2, 0.25) is 0 Å². The predicted octanol–water partition coefficient (Wildman–Crippen LogP) is 2.96. The van der Waals surface area contributed by atoms with Gasteiger partial charge in [-0.1, -0.05) is 20.8 Å². The fourth-order valence-corrected chi connectivity index (χ4v) is 4.28. The van der Waals surface area contributed by atoms with E-state index >= 15 is 0 Å². The lowest BCUT2D eigenvalue weighted by atomic mass is 9.59. The number of ether oxygens (including phenoxy) is 1. The van der Waals surface area contributed by atoms with Crippen LogP contribution in [0.2, 0.25) is 0 Å². The van der Waals surface area contributed by atoms with E-state index in [9.17, 15) is 0 Å². The molecular formula is C14H27NO. The normalized spacial score (nSPS) is 40.9. The molecule has 0 aromatic rings. The highest BCUT2D eigenvalue weighted by Crippen LogP contribution is 2.47. The second kappa shape index (κ2) is 4.30. The van der Waals surface area contributed by atoms with Crippen molar-refractivity contribution in [2.45, 2.75) is 58.4 Å². The van der Waals surface area contributed by atoms with Crippen LogP contribution in [0.1, 0.15) is 52.9 Å². The topological polar surface area (TPSA) is 35.2 Å². The summed E-state index contributed by atoms with van der Waals surface area (Å²) < 4.78 is 5.46. The SMILES string of the molecule is CC1CC(C)(C)CC(N)(C2CCOCC2)C1. The van der Waals surface area contributed by atoms with E-state index in [-0.39, 0.29) is 5.54 Å². The molecule has 0 amide bonds. The Hall–Kier alpha value is -0.0800. The number of nitrogens with two attached hydrogens (primary N) is 1. The average Bonchev–Trinajstić information content (AvgIpc) is 2.15. The Kier molecular flexibility index (Phi) is 3.33. The van der Waals surface area contributed by atoms with Crippen LogP contribution in [-0.4, -0.2) is 18.8 Å². The van der Waals surface area contributed by atoms with Gasteiger partial charge in [-0.15, -0.1) is 0 Å². The lowest BCUT2D eigenvalue weighted by Gasteiger charge is -2.50. The molecular weight excluding hydrogens is 198 g/mol. The molecule has 1 saturated heterocycles. The van der Waals surface area contributed by atoms with E-state index in [4.69, 9.17) is 10.5 Å². The summed E-state index contributed by atoms with van der Waals surface area (Å²) >= 11 is 0. The van der Waals surface area contributed by atoms with Gasteiger partial charge in [0.15, 0.2) is 0 Å². The Morgan fingerprint density at radius 3 is 2.31 bits per heavy atom. The van der Waals surface area contributed by atoms with Gasteiger partial charge in [-0.2, -0.15) is 0 Å². The Morgan fingerprint density at radius 2 is 1.75 bits per heavy atom. The Morgan fingerprint density at radius 1 is 1.12 bits per heavy atom. The zero-order chi connectivity index (χ0) is 11.8. The molecule has 2 unspecified atom stereocenters. The van der Waals surface area contributed by atoms with Crippen LogP contribution in [0.25, 0.3) is 0 Å². The third-order valence-electron chi connectivity index (χ3n) is 4.47. The molecule has 1 aliphatic heterocycles. The largest absolute Gasteiger partial charge is 0.381 e. The van der Waals surface area contributed by atoms with Crippen LogP contribution in [0.5, 0.6) is 0 Å². The highest BCUT2D eigenvalue weighted by atomic mass is 16.5. The van der Waals surface area contributed by atoms with Gasteiger partial charge in [0, 0.05) is 18.8 Å². The van der Waals surface area contributed by atoms with E-state index in [2.05, 4.69) is 20.8 Å². The van der Waals surface area contributed by atoms with Crippen molar-refractivity contribution in [1.82, 2.24) is 0 Å². The number of hydrogen-bond donors (Lipinski definition) is 1. The van der Waals surface area contributed by atoms with Gasteiger partial charge in [0.05, 0.1) is 0 Å². The van der Waals surface area contributed by atoms with Gasteiger partial charge >= 0.3 is 0 Å². The van der Waals surface area contributed by atoms with Gasteiger partial charge in [0.25, 0.3) is 0 Å².